The van der Waals surface area contributed by atoms with Crippen molar-refractivity contribution in [3.05, 3.63) is 60.2 Å². The lowest BCUT2D eigenvalue weighted by Gasteiger charge is -2.34. The van der Waals surface area contributed by atoms with Crippen LogP contribution in [-0.2, 0) is 16.0 Å². The third-order valence-corrected chi connectivity index (χ3v) is 7.44. The van der Waals surface area contributed by atoms with Crippen molar-refractivity contribution in [2.45, 2.75) is 23.6 Å². The normalized spacial score (nSPS) is 14.3. The number of aromatic nitrogens is 1. The van der Waals surface area contributed by atoms with E-state index >= 15 is 0 Å². The highest BCUT2D eigenvalue weighted by molar-refractivity contribution is 8.01. The summed E-state index contributed by atoms with van der Waals surface area (Å²) in [7, 11) is 0. The molecular formula is C23H25N3O2S2. The average molecular weight is 440 g/mol. The van der Waals surface area contributed by atoms with Gasteiger partial charge in [-0.1, -0.05) is 54.2 Å². The number of hydrogen-bond acceptors (Lipinski definition) is 5. The molecule has 0 N–H and O–H groups in total. The molecule has 1 aliphatic heterocycles. The van der Waals surface area contributed by atoms with E-state index in [1.54, 1.807) is 11.3 Å². The van der Waals surface area contributed by atoms with Crippen molar-refractivity contribution < 1.29 is 9.59 Å². The SMILES string of the molecule is O=C(CCCc1ccccc1)N1CCN(C(=O)CSc2nc3ccccc3s2)CC1. The van der Waals surface area contributed by atoms with Crippen molar-refractivity contribution in [1.29, 1.82) is 0 Å². The first kappa shape index (κ1) is 20.9. The molecule has 4 rings (SSSR count). The van der Waals surface area contributed by atoms with E-state index in [0.29, 0.717) is 38.4 Å². The molecule has 2 aromatic carbocycles. The summed E-state index contributed by atoms with van der Waals surface area (Å²) in [6.07, 6.45) is 2.35. The summed E-state index contributed by atoms with van der Waals surface area (Å²) < 4.78 is 2.07. The van der Waals surface area contributed by atoms with Gasteiger partial charge >= 0.3 is 0 Å². The van der Waals surface area contributed by atoms with Gasteiger partial charge in [-0.15, -0.1) is 11.3 Å². The van der Waals surface area contributed by atoms with Gasteiger partial charge in [0.05, 0.1) is 16.0 Å². The van der Waals surface area contributed by atoms with Gasteiger partial charge in [0, 0.05) is 32.6 Å². The van der Waals surface area contributed by atoms with Crippen LogP contribution in [0.5, 0.6) is 0 Å². The predicted octanol–water partition coefficient (Wildman–Crippen LogP) is 4.08. The molecule has 0 aliphatic carbocycles. The van der Waals surface area contributed by atoms with E-state index in [-0.39, 0.29) is 11.8 Å². The third-order valence-electron chi connectivity index (χ3n) is 5.28. The lowest BCUT2D eigenvalue weighted by Crippen LogP contribution is -2.51. The van der Waals surface area contributed by atoms with Crippen LogP contribution in [0.15, 0.2) is 58.9 Å². The molecule has 0 unspecified atom stereocenters. The monoisotopic (exact) mass is 439 g/mol. The predicted molar refractivity (Wildman–Crippen MR) is 123 cm³/mol. The molecule has 5 nitrogen and oxygen atoms in total. The average Bonchev–Trinajstić information content (AvgIpc) is 3.21. The van der Waals surface area contributed by atoms with Crippen molar-refractivity contribution in [3.63, 3.8) is 0 Å². The minimum absolute atomic E-state index is 0.121. The molecule has 0 saturated carbocycles. The molecule has 2 amide bonds. The van der Waals surface area contributed by atoms with Gasteiger partial charge in [-0.2, -0.15) is 0 Å². The molecule has 1 aliphatic rings. The largest absolute Gasteiger partial charge is 0.339 e. The molecule has 1 fully saturated rings. The molecule has 2 heterocycles. The zero-order chi connectivity index (χ0) is 20.8. The Bertz CT molecular complexity index is 965. The molecule has 30 heavy (non-hydrogen) atoms. The van der Waals surface area contributed by atoms with Crippen LogP contribution in [0.3, 0.4) is 0 Å². The number of carbonyl (C=O) groups excluding carboxylic acids is 2. The molecule has 7 heteroatoms. The Morgan fingerprint density at radius 3 is 2.30 bits per heavy atom. The highest BCUT2D eigenvalue weighted by atomic mass is 32.2. The maximum atomic E-state index is 12.6. The molecule has 0 radical (unpaired) electrons. The molecule has 156 valence electrons. The summed E-state index contributed by atoms with van der Waals surface area (Å²) in [6, 6.07) is 18.3. The number of amides is 2. The maximum Gasteiger partial charge on any atom is 0.233 e. The Morgan fingerprint density at radius 2 is 1.57 bits per heavy atom. The van der Waals surface area contributed by atoms with Crippen molar-refractivity contribution in [1.82, 2.24) is 14.8 Å². The van der Waals surface area contributed by atoms with E-state index in [1.807, 2.05) is 46.2 Å². The maximum absolute atomic E-state index is 12.6. The minimum atomic E-state index is 0.121. The summed E-state index contributed by atoms with van der Waals surface area (Å²) in [5, 5.41) is 0. The van der Waals surface area contributed by atoms with Crippen LogP contribution >= 0.6 is 23.1 Å². The van der Waals surface area contributed by atoms with Crippen LogP contribution in [-0.4, -0.2) is 58.5 Å². The number of fused-ring (bicyclic) bond motifs is 1. The number of rotatable bonds is 7. The van der Waals surface area contributed by atoms with Crippen LogP contribution in [0.1, 0.15) is 18.4 Å². The smallest absolute Gasteiger partial charge is 0.233 e. The molecule has 3 aromatic rings. The lowest BCUT2D eigenvalue weighted by atomic mass is 10.1. The van der Waals surface area contributed by atoms with Crippen molar-refractivity contribution in [3.8, 4) is 0 Å². The van der Waals surface area contributed by atoms with Crippen LogP contribution in [0.2, 0.25) is 0 Å². The number of thioether (sulfide) groups is 1. The van der Waals surface area contributed by atoms with Gasteiger partial charge in [0.2, 0.25) is 11.8 Å². The van der Waals surface area contributed by atoms with Crippen LogP contribution in [0.4, 0.5) is 0 Å². The van der Waals surface area contributed by atoms with Crippen LogP contribution < -0.4 is 0 Å². The Kier molecular flexibility index (Phi) is 7.02. The number of carbonyl (C=O) groups is 2. The second-order valence-electron chi connectivity index (χ2n) is 7.34. The van der Waals surface area contributed by atoms with E-state index in [1.165, 1.54) is 17.3 Å². The number of aryl methyl sites for hydroxylation is 1. The summed E-state index contributed by atoms with van der Waals surface area (Å²) in [5.41, 5.74) is 2.25. The van der Waals surface area contributed by atoms with Gasteiger partial charge in [0.25, 0.3) is 0 Å². The van der Waals surface area contributed by atoms with Gasteiger partial charge in [-0.3, -0.25) is 9.59 Å². The Balaban J connectivity index is 1.18. The number of piperazine rings is 1. The first-order valence-corrected chi connectivity index (χ1v) is 12.1. The Labute approximate surface area is 185 Å². The van der Waals surface area contributed by atoms with Crippen LogP contribution in [0, 0.1) is 0 Å². The summed E-state index contributed by atoms with van der Waals surface area (Å²) in [6.45, 7) is 2.48. The minimum Gasteiger partial charge on any atom is -0.339 e. The van der Waals surface area contributed by atoms with Crippen molar-refractivity contribution in [2.24, 2.45) is 0 Å². The Morgan fingerprint density at radius 1 is 0.900 bits per heavy atom. The molecule has 0 bridgehead atoms. The zero-order valence-electron chi connectivity index (χ0n) is 16.8. The van der Waals surface area contributed by atoms with E-state index in [4.69, 9.17) is 0 Å². The highest BCUT2D eigenvalue weighted by Crippen LogP contribution is 2.29. The fourth-order valence-corrected chi connectivity index (χ4v) is 5.55. The molecule has 0 spiro atoms. The number of nitrogens with zero attached hydrogens (tertiary/aromatic N) is 3. The molecule has 1 aromatic heterocycles. The zero-order valence-corrected chi connectivity index (χ0v) is 18.5. The molecule has 1 saturated heterocycles. The second kappa shape index (κ2) is 10.1. The lowest BCUT2D eigenvalue weighted by molar-refractivity contribution is -0.138. The van der Waals surface area contributed by atoms with Gasteiger partial charge in [-0.05, 0) is 30.5 Å². The second-order valence-corrected chi connectivity index (χ2v) is 9.59. The third kappa shape index (κ3) is 5.40. The van der Waals surface area contributed by atoms with E-state index in [2.05, 4.69) is 23.2 Å². The number of para-hydroxylation sites is 1. The van der Waals surface area contributed by atoms with Gasteiger partial charge < -0.3 is 9.80 Å². The summed E-state index contributed by atoms with van der Waals surface area (Å²) in [4.78, 5) is 33.4. The summed E-state index contributed by atoms with van der Waals surface area (Å²) >= 11 is 3.12. The van der Waals surface area contributed by atoms with Crippen LogP contribution in [0.25, 0.3) is 10.2 Å². The van der Waals surface area contributed by atoms with E-state index < -0.39 is 0 Å². The standard InChI is InChI=1S/C23H25N3O2S2/c27-21(12-6-9-18-7-2-1-3-8-18)25-13-15-26(16-14-25)22(28)17-29-23-24-19-10-4-5-11-20(19)30-23/h1-5,7-8,10-11H,6,9,12-17H2. The fraction of sp³-hybridized carbons (Fsp3) is 0.348. The first-order chi connectivity index (χ1) is 14.7. The van der Waals surface area contributed by atoms with Gasteiger partial charge in [-0.25, -0.2) is 4.98 Å². The van der Waals surface area contributed by atoms with E-state index in [9.17, 15) is 9.59 Å². The number of thiazole rings is 1. The van der Waals surface area contributed by atoms with E-state index in [0.717, 1.165) is 27.4 Å². The molecular weight excluding hydrogens is 414 g/mol. The summed E-state index contributed by atoms with van der Waals surface area (Å²) in [5.74, 6) is 0.711. The number of hydrogen-bond donors (Lipinski definition) is 0. The fourth-order valence-electron chi connectivity index (χ4n) is 3.58. The molecule has 0 atom stereocenters. The quantitative estimate of drug-likeness (QED) is 0.521. The van der Waals surface area contributed by atoms with Gasteiger partial charge in [0.15, 0.2) is 4.34 Å². The number of benzene rings is 2. The van der Waals surface area contributed by atoms with Crippen molar-refractivity contribution >= 4 is 45.1 Å². The highest BCUT2D eigenvalue weighted by Gasteiger charge is 2.24. The van der Waals surface area contributed by atoms with Crippen molar-refractivity contribution in [2.75, 3.05) is 31.9 Å². The van der Waals surface area contributed by atoms with Gasteiger partial charge in [0.1, 0.15) is 0 Å². The Hall–Kier alpha value is -2.38. The first-order valence-electron chi connectivity index (χ1n) is 10.3. The topological polar surface area (TPSA) is 53.5 Å².